The third-order valence-corrected chi connectivity index (χ3v) is 10.5. The van der Waals surface area contributed by atoms with Gasteiger partial charge in [-0.3, -0.25) is 4.90 Å². The number of nitrogens with one attached hydrogen (secondary N) is 2. The molecule has 0 radical (unpaired) electrons. The van der Waals surface area contributed by atoms with Gasteiger partial charge >= 0.3 is 12.2 Å². The highest BCUT2D eigenvalue weighted by molar-refractivity contribution is 5.88. The van der Waals surface area contributed by atoms with Crippen LogP contribution in [0.2, 0.25) is 0 Å². The van der Waals surface area contributed by atoms with Crippen LogP contribution >= 0.6 is 0 Å². The Kier molecular flexibility index (Phi) is 9.11. The third-order valence-electron chi connectivity index (χ3n) is 10.5. The van der Waals surface area contributed by atoms with Crippen LogP contribution in [0, 0.1) is 5.92 Å². The summed E-state index contributed by atoms with van der Waals surface area (Å²) < 4.78 is 31.0. The molecular formula is C44H44N6O7. The summed E-state index contributed by atoms with van der Waals surface area (Å²) in [6, 6.07) is 19.6. The topological polar surface area (TPSA) is 146 Å². The zero-order chi connectivity index (χ0) is 39.4. The van der Waals surface area contributed by atoms with Crippen molar-refractivity contribution in [3.05, 3.63) is 107 Å². The molecular weight excluding hydrogens is 725 g/mol. The zero-order valence-electron chi connectivity index (χ0n) is 32.5. The van der Waals surface area contributed by atoms with E-state index in [-0.39, 0.29) is 18.7 Å². The summed E-state index contributed by atoms with van der Waals surface area (Å²) in [6.45, 7) is 9.51. The molecule has 0 aliphatic carbocycles. The van der Waals surface area contributed by atoms with Crippen molar-refractivity contribution in [1.82, 2.24) is 29.4 Å². The summed E-state index contributed by atoms with van der Waals surface area (Å²) in [5.41, 5.74) is 9.12. The van der Waals surface area contributed by atoms with Crippen LogP contribution in [0.25, 0.3) is 45.2 Å². The maximum atomic E-state index is 13.2. The molecule has 3 aromatic heterocycles. The van der Waals surface area contributed by atoms with Crippen molar-refractivity contribution in [3.63, 3.8) is 0 Å². The lowest BCUT2D eigenvalue weighted by Gasteiger charge is -2.30. The molecule has 2 N–H and O–H groups in total. The second-order valence-electron chi connectivity index (χ2n) is 16.0. The second kappa shape index (κ2) is 14.3. The summed E-state index contributed by atoms with van der Waals surface area (Å²) in [7, 11) is 1.61. The first-order valence-electron chi connectivity index (χ1n) is 19.1. The molecule has 6 heterocycles. The zero-order valence-corrected chi connectivity index (χ0v) is 32.5. The number of aromatic amines is 2. The monoisotopic (exact) mass is 768 g/mol. The molecule has 13 nitrogen and oxygen atoms in total. The maximum absolute atomic E-state index is 13.2. The van der Waals surface area contributed by atoms with Crippen molar-refractivity contribution >= 4 is 12.2 Å². The number of carbonyl (C=O) groups is 2. The smallest absolute Gasteiger partial charge is 0.419 e. The molecule has 292 valence electrons. The van der Waals surface area contributed by atoms with Gasteiger partial charge in [0, 0.05) is 53.2 Å². The van der Waals surface area contributed by atoms with E-state index in [1.807, 2.05) is 75.5 Å². The van der Waals surface area contributed by atoms with Gasteiger partial charge in [-0.25, -0.2) is 24.1 Å². The Hall–Kier alpha value is -6.34. The molecule has 6 aromatic rings. The van der Waals surface area contributed by atoms with Crippen LogP contribution in [0.5, 0.6) is 11.5 Å². The molecule has 2 atom stereocenters. The predicted octanol–water partition coefficient (Wildman–Crippen LogP) is 9.04. The number of hydrogen-bond acceptors (Lipinski definition) is 9. The minimum absolute atomic E-state index is 0.217. The second-order valence-corrected chi connectivity index (χ2v) is 16.0. The molecule has 3 aromatic carbocycles. The van der Waals surface area contributed by atoms with Gasteiger partial charge in [-0.15, -0.1) is 0 Å². The molecule has 1 fully saturated rings. The van der Waals surface area contributed by atoms with Crippen LogP contribution in [0.1, 0.15) is 68.2 Å². The first kappa shape index (κ1) is 36.3. The predicted molar refractivity (Wildman–Crippen MR) is 211 cm³/mol. The number of H-pyrrole nitrogens is 2. The van der Waals surface area contributed by atoms with Gasteiger partial charge in [0.1, 0.15) is 42.7 Å². The van der Waals surface area contributed by atoms with Gasteiger partial charge in [0.05, 0.1) is 42.1 Å². The SMILES string of the molecule is COCc1cc(-c2ncc(-c3cc4c5c(c3)OCc3cc(-c6cnc([C@@H]7C[C@H](C)CN7C(=O)OCc7ccccc7)[nH]6)cc(c3-5)OC4)[nH]2)n(C(=O)OC(C)(C)C)c1. The van der Waals surface area contributed by atoms with Gasteiger partial charge in [0.25, 0.3) is 0 Å². The standard InChI is InChI=1S/C44H44N6O7/c1-25-11-34(49(19-25)42(51)56-22-26-9-7-6-8-10-26)40-45-17-32(47-40)28-13-30-23-55-37-16-29(14-31-24-54-36(15-28)38(30)39(31)37)33-18-46-41(48-33)35-12-27(21-53-5)20-50(35)43(52)57-44(2,3)4/h6-10,12-18,20,25,34H,11,19,21-24H2,1-5H3,(H,45,47)(H,46,48)/t25-,34-/m0/s1. The molecule has 13 heteroatoms. The van der Waals surface area contributed by atoms with E-state index in [1.165, 1.54) is 4.57 Å². The molecule has 57 heavy (non-hydrogen) atoms. The lowest BCUT2D eigenvalue weighted by atomic mass is 9.87. The summed E-state index contributed by atoms with van der Waals surface area (Å²) in [6.07, 6.45) is 5.23. The van der Waals surface area contributed by atoms with E-state index in [1.54, 1.807) is 24.4 Å². The minimum Gasteiger partial charge on any atom is -0.488 e. The van der Waals surface area contributed by atoms with E-state index in [0.29, 0.717) is 43.8 Å². The van der Waals surface area contributed by atoms with Crippen molar-refractivity contribution in [2.75, 3.05) is 13.7 Å². The Bertz CT molecular complexity index is 2440. The largest absolute Gasteiger partial charge is 0.488 e. The Balaban J connectivity index is 0.964. The summed E-state index contributed by atoms with van der Waals surface area (Å²) in [5.74, 6) is 3.10. The fraction of sp³-hybridized carbons (Fsp3) is 0.318. The Morgan fingerprint density at radius 1 is 0.842 bits per heavy atom. The average Bonchev–Trinajstić information content (AvgIpc) is 4.02. The first-order valence-corrected chi connectivity index (χ1v) is 19.1. The van der Waals surface area contributed by atoms with E-state index in [4.69, 9.17) is 28.7 Å². The fourth-order valence-electron chi connectivity index (χ4n) is 7.96. The molecule has 3 aliphatic rings. The first-order chi connectivity index (χ1) is 27.5. The number of aromatic nitrogens is 5. The summed E-state index contributed by atoms with van der Waals surface area (Å²) >= 11 is 0. The van der Waals surface area contributed by atoms with Gasteiger partial charge in [-0.1, -0.05) is 37.3 Å². The van der Waals surface area contributed by atoms with Crippen LogP contribution in [0.3, 0.4) is 0 Å². The average molecular weight is 769 g/mol. The number of ether oxygens (including phenoxy) is 5. The van der Waals surface area contributed by atoms with Gasteiger partial charge < -0.3 is 33.7 Å². The number of likely N-dealkylation sites (tertiary alicyclic amines) is 1. The van der Waals surface area contributed by atoms with E-state index in [2.05, 4.69) is 34.0 Å². The number of rotatable bonds is 8. The molecule has 3 aliphatic heterocycles. The Labute approximate surface area is 329 Å². The summed E-state index contributed by atoms with van der Waals surface area (Å²) in [5, 5.41) is 0. The van der Waals surface area contributed by atoms with Crippen molar-refractivity contribution in [1.29, 1.82) is 0 Å². The number of carbonyl (C=O) groups excluding carboxylic acids is 2. The minimum atomic E-state index is -0.665. The van der Waals surface area contributed by atoms with E-state index >= 15 is 0 Å². The molecule has 0 bridgehead atoms. The highest BCUT2D eigenvalue weighted by atomic mass is 16.6. The summed E-state index contributed by atoms with van der Waals surface area (Å²) in [4.78, 5) is 44.5. The van der Waals surface area contributed by atoms with Crippen LogP contribution in [-0.4, -0.2) is 60.8 Å². The van der Waals surface area contributed by atoms with Crippen molar-refractivity contribution in [3.8, 4) is 56.7 Å². The quantitative estimate of drug-likeness (QED) is 0.155. The van der Waals surface area contributed by atoms with E-state index in [0.717, 1.165) is 79.6 Å². The number of methoxy groups -OCH3 is 1. The van der Waals surface area contributed by atoms with Gasteiger partial charge in [0.15, 0.2) is 5.82 Å². The van der Waals surface area contributed by atoms with Gasteiger partial charge in [-0.2, -0.15) is 0 Å². The molecule has 1 saturated heterocycles. The Morgan fingerprint density at radius 2 is 1.51 bits per heavy atom. The van der Waals surface area contributed by atoms with Gasteiger partial charge in [0.2, 0.25) is 0 Å². The molecule has 0 spiro atoms. The number of benzene rings is 3. The lowest BCUT2D eigenvalue weighted by Crippen LogP contribution is -2.32. The van der Waals surface area contributed by atoms with Crippen LogP contribution in [-0.2, 0) is 40.6 Å². The number of imidazole rings is 2. The lowest BCUT2D eigenvalue weighted by molar-refractivity contribution is 0.0539. The van der Waals surface area contributed by atoms with Crippen LogP contribution < -0.4 is 9.47 Å². The highest BCUT2D eigenvalue weighted by Gasteiger charge is 2.37. The third kappa shape index (κ3) is 7.03. The van der Waals surface area contributed by atoms with Gasteiger partial charge in [-0.05, 0) is 74.6 Å². The molecule has 0 saturated carbocycles. The molecule has 0 unspecified atom stereocenters. The van der Waals surface area contributed by atoms with Crippen molar-refractivity contribution in [2.45, 2.75) is 72.2 Å². The Morgan fingerprint density at radius 3 is 2.18 bits per heavy atom. The number of nitrogens with zero attached hydrogens (tertiary/aromatic N) is 4. The molecule has 1 amide bonds. The maximum Gasteiger partial charge on any atom is 0.419 e. The number of amides is 1. The van der Waals surface area contributed by atoms with E-state index in [9.17, 15) is 9.59 Å². The molecule has 9 rings (SSSR count). The highest BCUT2D eigenvalue weighted by Crippen LogP contribution is 2.51. The number of hydrogen-bond donors (Lipinski definition) is 2. The van der Waals surface area contributed by atoms with E-state index < -0.39 is 11.7 Å². The van der Waals surface area contributed by atoms with Crippen LogP contribution in [0.4, 0.5) is 9.59 Å². The van der Waals surface area contributed by atoms with Crippen LogP contribution in [0.15, 0.2) is 79.3 Å². The fourth-order valence-corrected chi connectivity index (χ4v) is 7.96. The normalized spacial score (nSPS) is 16.8. The van der Waals surface area contributed by atoms with Crippen molar-refractivity contribution in [2.24, 2.45) is 5.92 Å². The van der Waals surface area contributed by atoms with Crippen molar-refractivity contribution < 1.29 is 33.3 Å².